The van der Waals surface area contributed by atoms with Crippen molar-refractivity contribution in [3.8, 4) is 5.75 Å². The Labute approximate surface area is 153 Å². The van der Waals surface area contributed by atoms with Gasteiger partial charge in [-0.2, -0.15) is 0 Å². The fourth-order valence-corrected chi connectivity index (χ4v) is 2.39. The topological polar surface area (TPSA) is 79.5 Å². The SMILES string of the molecule is CCCC(=O)Nc1cccc(NC(=O)CNCc2ccc(OC)cc2)c1. The minimum absolute atomic E-state index is 0.0304. The van der Waals surface area contributed by atoms with Gasteiger partial charge in [-0.1, -0.05) is 25.1 Å². The Bertz CT molecular complexity index is 729. The summed E-state index contributed by atoms with van der Waals surface area (Å²) in [5.41, 5.74) is 2.39. The smallest absolute Gasteiger partial charge is 0.238 e. The molecule has 26 heavy (non-hydrogen) atoms. The van der Waals surface area contributed by atoms with Gasteiger partial charge in [0.15, 0.2) is 0 Å². The van der Waals surface area contributed by atoms with Gasteiger partial charge < -0.3 is 20.7 Å². The van der Waals surface area contributed by atoms with Crippen LogP contribution in [0.4, 0.5) is 11.4 Å². The third kappa shape index (κ3) is 6.57. The molecule has 0 aliphatic rings. The summed E-state index contributed by atoms with van der Waals surface area (Å²) in [5, 5.41) is 8.73. The summed E-state index contributed by atoms with van der Waals surface area (Å²) in [4.78, 5) is 23.7. The molecule has 0 aliphatic carbocycles. The second-order valence-corrected chi connectivity index (χ2v) is 5.88. The predicted molar refractivity (Wildman–Crippen MR) is 103 cm³/mol. The molecular weight excluding hydrogens is 330 g/mol. The number of hydrogen-bond donors (Lipinski definition) is 3. The fraction of sp³-hybridized carbons (Fsp3) is 0.300. The first kappa shape index (κ1) is 19.5. The highest BCUT2D eigenvalue weighted by molar-refractivity contribution is 5.94. The molecule has 0 fully saturated rings. The number of carbonyl (C=O) groups is 2. The molecule has 0 heterocycles. The Kier molecular flexibility index (Phi) is 7.64. The van der Waals surface area contributed by atoms with Gasteiger partial charge in [0.1, 0.15) is 5.75 Å². The van der Waals surface area contributed by atoms with E-state index in [9.17, 15) is 9.59 Å². The minimum atomic E-state index is -0.143. The summed E-state index contributed by atoms with van der Waals surface area (Å²) < 4.78 is 5.11. The molecule has 0 aromatic heterocycles. The number of anilines is 2. The molecule has 0 saturated heterocycles. The number of carbonyl (C=O) groups excluding carboxylic acids is 2. The predicted octanol–water partition coefficient (Wildman–Crippen LogP) is 3.16. The van der Waals surface area contributed by atoms with Gasteiger partial charge in [-0.3, -0.25) is 9.59 Å². The maximum absolute atomic E-state index is 12.1. The first-order valence-electron chi connectivity index (χ1n) is 8.64. The van der Waals surface area contributed by atoms with Gasteiger partial charge in [0.05, 0.1) is 13.7 Å². The highest BCUT2D eigenvalue weighted by Crippen LogP contribution is 2.15. The Morgan fingerprint density at radius 3 is 2.23 bits per heavy atom. The Morgan fingerprint density at radius 2 is 1.62 bits per heavy atom. The number of benzene rings is 2. The second kappa shape index (κ2) is 10.2. The van der Waals surface area contributed by atoms with Crippen LogP contribution in [0.5, 0.6) is 5.75 Å². The van der Waals surface area contributed by atoms with E-state index in [1.165, 1.54) is 0 Å². The van der Waals surface area contributed by atoms with Crippen LogP contribution in [0.25, 0.3) is 0 Å². The average Bonchev–Trinajstić information content (AvgIpc) is 2.62. The minimum Gasteiger partial charge on any atom is -0.497 e. The lowest BCUT2D eigenvalue weighted by molar-refractivity contribution is -0.116. The van der Waals surface area contributed by atoms with E-state index in [2.05, 4.69) is 16.0 Å². The summed E-state index contributed by atoms with van der Waals surface area (Å²) in [6.45, 7) is 2.73. The van der Waals surface area contributed by atoms with Crippen LogP contribution in [0.1, 0.15) is 25.3 Å². The summed E-state index contributed by atoms with van der Waals surface area (Å²) in [5.74, 6) is 0.630. The maximum Gasteiger partial charge on any atom is 0.238 e. The number of methoxy groups -OCH3 is 1. The lowest BCUT2D eigenvalue weighted by Gasteiger charge is -2.09. The molecule has 0 spiro atoms. The quantitative estimate of drug-likeness (QED) is 0.645. The van der Waals surface area contributed by atoms with E-state index in [0.717, 1.165) is 17.7 Å². The monoisotopic (exact) mass is 355 g/mol. The lowest BCUT2D eigenvalue weighted by Crippen LogP contribution is -2.27. The van der Waals surface area contributed by atoms with E-state index in [4.69, 9.17) is 4.74 Å². The molecule has 6 heteroatoms. The molecule has 2 aromatic rings. The van der Waals surface area contributed by atoms with E-state index in [-0.39, 0.29) is 18.4 Å². The molecule has 6 nitrogen and oxygen atoms in total. The molecular formula is C20H25N3O3. The maximum atomic E-state index is 12.1. The molecule has 138 valence electrons. The molecule has 0 radical (unpaired) electrons. The van der Waals surface area contributed by atoms with Crippen molar-refractivity contribution in [3.05, 3.63) is 54.1 Å². The normalized spacial score (nSPS) is 10.2. The molecule has 3 N–H and O–H groups in total. The van der Waals surface area contributed by atoms with Crippen molar-refractivity contribution in [3.63, 3.8) is 0 Å². The zero-order chi connectivity index (χ0) is 18.8. The fourth-order valence-electron chi connectivity index (χ4n) is 2.39. The third-order valence-electron chi connectivity index (χ3n) is 3.68. The highest BCUT2D eigenvalue weighted by Gasteiger charge is 2.05. The van der Waals surface area contributed by atoms with Gasteiger partial charge in [0, 0.05) is 24.3 Å². The van der Waals surface area contributed by atoms with Crippen LogP contribution in [0.15, 0.2) is 48.5 Å². The molecule has 2 amide bonds. The zero-order valence-electron chi connectivity index (χ0n) is 15.2. The van der Waals surface area contributed by atoms with Gasteiger partial charge in [0.25, 0.3) is 0 Å². The number of rotatable bonds is 9. The van der Waals surface area contributed by atoms with E-state index in [1.807, 2.05) is 31.2 Å². The van der Waals surface area contributed by atoms with Crippen LogP contribution < -0.4 is 20.7 Å². The second-order valence-electron chi connectivity index (χ2n) is 5.88. The Hall–Kier alpha value is -2.86. The van der Waals surface area contributed by atoms with E-state index in [0.29, 0.717) is 24.3 Å². The van der Waals surface area contributed by atoms with Crippen molar-refractivity contribution < 1.29 is 14.3 Å². The van der Waals surface area contributed by atoms with Gasteiger partial charge in [-0.05, 0) is 42.3 Å². The van der Waals surface area contributed by atoms with E-state index in [1.54, 1.807) is 31.4 Å². The van der Waals surface area contributed by atoms with Gasteiger partial charge in [0.2, 0.25) is 11.8 Å². The molecule has 0 unspecified atom stereocenters. The summed E-state index contributed by atoms with van der Waals surface area (Å²) in [6, 6.07) is 14.8. The molecule has 0 saturated carbocycles. The van der Waals surface area contributed by atoms with Crippen LogP contribution in [0, 0.1) is 0 Å². The molecule has 2 aromatic carbocycles. The van der Waals surface area contributed by atoms with Gasteiger partial charge in [-0.15, -0.1) is 0 Å². The van der Waals surface area contributed by atoms with Crippen LogP contribution in [0.2, 0.25) is 0 Å². The first-order valence-corrected chi connectivity index (χ1v) is 8.64. The van der Waals surface area contributed by atoms with Gasteiger partial charge >= 0.3 is 0 Å². The number of ether oxygens (including phenoxy) is 1. The van der Waals surface area contributed by atoms with E-state index >= 15 is 0 Å². The van der Waals surface area contributed by atoms with Crippen molar-refractivity contribution in [2.45, 2.75) is 26.3 Å². The molecule has 2 rings (SSSR count). The first-order chi connectivity index (χ1) is 12.6. The largest absolute Gasteiger partial charge is 0.497 e. The van der Waals surface area contributed by atoms with Crippen LogP contribution in [0.3, 0.4) is 0 Å². The summed E-state index contributed by atoms with van der Waals surface area (Å²) in [6.07, 6.45) is 1.27. The highest BCUT2D eigenvalue weighted by atomic mass is 16.5. The zero-order valence-corrected chi connectivity index (χ0v) is 15.2. The standard InChI is InChI=1S/C20H25N3O3/c1-3-5-19(24)22-16-6-4-7-17(12-16)23-20(25)14-21-13-15-8-10-18(26-2)11-9-15/h4,6-12,21H,3,5,13-14H2,1-2H3,(H,22,24)(H,23,25). The molecule has 0 aliphatic heterocycles. The number of hydrogen-bond acceptors (Lipinski definition) is 4. The van der Waals surface area contributed by atoms with Crippen LogP contribution in [-0.4, -0.2) is 25.5 Å². The number of amides is 2. The van der Waals surface area contributed by atoms with Crippen molar-refractivity contribution in [2.75, 3.05) is 24.3 Å². The van der Waals surface area contributed by atoms with Crippen molar-refractivity contribution in [2.24, 2.45) is 0 Å². The Balaban J connectivity index is 1.78. The summed E-state index contributed by atoms with van der Waals surface area (Å²) >= 11 is 0. The van der Waals surface area contributed by atoms with E-state index < -0.39 is 0 Å². The van der Waals surface area contributed by atoms with Crippen molar-refractivity contribution in [1.29, 1.82) is 0 Å². The van der Waals surface area contributed by atoms with Crippen LogP contribution >= 0.6 is 0 Å². The summed E-state index contributed by atoms with van der Waals surface area (Å²) in [7, 11) is 1.63. The Morgan fingerprint density at radius 1 is 0.962 bits per heavy atom. The lowest BCUT2D eigenvalue weighted by atomic mass is 10.2. The van der Waals surface area contributed by atoms with Crippen molar-refractivity contribution in [1.82, 2.24) is 5.32 Å². The van der Waals surface area contributed by atoms with Crippen LogP contribution in [-0.2, 0) is 16.1 Å². The number of nitrogens with one attached hydrogen (secondary N) is 3. The molecule has 0 atom stereocenters. The van der Waals surface area contributed by atoms with Gasteiger partial charge in [-0.25, -0.2) is 0 Å². The third-order valence-corrected chi connectivity index (χ3v) is 3.68. The van der Waals surface area contributed by atoms with Crippen molar-refractivity contribution >= 4 is 23.2 Å². The molecule has 0 bridgehead atoms. The average molecular weight is 355 g/mol.